The lowest BCUT2D eigenvalue weighted by Gasteiger charge is -2.27. The molecule has 1 atom stereocenters. The van der Waals surface area contributed by atoms with Gasteiger partial charge in [0.05, 0.1) is 11.3 Å². The lowest BCUT2D eigenvalue weighted by Crippen LogP contribution is -2.42. The number of hydrogen-bond donors (Lipinski definition) is 1. The molecule has 1 N–H and O–H groups in total. The molecule has 23 heavy (non-hydrogen) atoms. The average Bonchev–Trinajstić information content (AvgIpc) is 2.97. The Bertz CT molecular complexity index is 626. The van der Waals surface area contributed by atoms with Gasteiger partial charge in [-0.05, 0) is 31.0 Å². The van der Waals surface area contributed by atoms with Crippen molar-refractivity contribution >= 4 is 10.0 Å². The van der Waals surface area contributed by atoms with E-state index in [4.69, 9.17) is 0 Å². The van der Waals surface area contributed by atoms with Crippen molar-refractivity contribution in [2.24, 2.45) is 0 Å². The SMILES string of the molecule is CCCN(C1CCNC1)S(=O)(=O)Cc1cccc(C(F)(F)F)c1. The predicted molar refractivity (Wildman–Crippen MR) is 82.3 cm³/mol. The van der Waals surface area contributed by atoms with E-state index < -0.39 is 27.5 Å². The molecule has 2 rings (SSSR count). The van der Waals surface area contributed by atoms with Crippen LogP contribution in [0.2, 0.25) is 0 Å². The number of nitrogens with one attached hydrogen (secondary N) is 1. The topological polar surface area (TPSA) is 49.4 Å². The number of rotatable bonds is 6. The maximum absolute atomic E-state index is 12.8. The van der Waals surface area contributed by atoms with Crippen LogP contribution in [0, 0.1) is 0 Å². The second-order valence-corrected chi connectivity index (χ2v) is 7.63. The average molecular weight is 350 g/mol. The van der Waals surface area contributed by atoms with Crippen molar-refractivity contribution in [1.29, 1.82) is 0 Å². The lowest BCUT2D eigenvalue weighted by molar-refractivity contribution is -0.137. The quantitative estimate of drug-likeness (QED) is 0.858. The Morgan fingerprint density at radius 2 is 2.09 bits per heavy atom. The number of sulfonamides is 1. The van der Waals surface area contributed by atoms with Crippen molar-refractivity contribution in [2.45, 2.75) is 37.7 Å². The molecule has 0 bridgehead atoms. The largest absolute Gasteiger partial charge is 0.416 e. The van der Waals surface area contributed by atoms with Crippen LogP contribution >= 0.6 is 0 Å². The van der Waals surface area contributed by atoms with Gasteiger partial charge in [0.1, 0.15) is 0 Å². The van der Waals surface area contributed by atoms with E-state index >= 15 is 0 Å². The van der Waals surface area contributed by atoms with Gasteiger partial charge in [0.2, 0.25) is 10.0 Å². The number of benzene rings is 1. The van der Waals surface area contributed by atoms with Crippen LogP contribution in [0.15, 0.2) is 24.3 Å². The zero-order chi connectivity index (χ0) is 17.1. The minimum absolute atomic E-state index is 0.120. The van der Waals surface area contributed by atoms with E-state index in [1.165, 1.54) is 16.4 Å². The third-order valence-corrected chi connectivity index (χ3v) is 5.74. The zero-order valence-corrected chi connectivity index (χ0v) is 13.8. The highest BCUT2D eigenvalue weighted by Gasteiger charge is 2.33. The van der Waals surface area contributed by atoms with Gasteiger partial charge in [0.15, 0.2) is 0 Å². The Balaban J connectivity index is 2.22. The summed E-state index contributed by atoms with van der Waals surface area (Å²) in [5.41, 5.74) is -0.665. The number of nitrogens with zero attached hydrogens (tertiary/aromatic N) is 1. The van der Waals surface area contributed by atoms with Crippen molar-refractivity contribution in [3.05, 3.63) is 35.4 Å². The normalized spacial score (nSPS) is 19.4. The molecule has 1 aliphatic heterocycles. The van der Waals surface area contributed by atoms with Gasteiger partial charge in [0.25, 0.3) is 0 Å². The fraction of sp³-hybridized carbons (Fsp3) is 0.600. The van der Waals surface area contributed by atoms with Crippen LogP contribution in [0.25, 0.3) is 0 Å². The standard InChI is InChI=1S/C15H21F3N2O2S/c1-2-8-20(14-6-7-19-10-14)23(21,22)11-12-4-3-5-13(9-12)15(16,17)18/h3-5,9,14,19H,2,6-8,10-11H2,1H3. The van der Waals surface area contributed by atoms with Crippen molar-refractivity contribution in [2.75, 3.05) is 19.6 Å². The molecule has 0 radical (unpaired) electrons. The predicted octanol–water partition coefficient (Wildman–Crippen LogP) is 2.61. The first-order chi connectivity index (χ1) is 10.7. The van der Waals surface area contributed by atoms with Crippen molar-refractivity contribution in [1.82, 2.24) is 9.62 Å². The zero-order valence-electron chi connectivity index (χ0n) is 12.9. The van der Waals surface area contributed by atoms with E-state index in [1.54, 1.807) is 0 Å². The highest BCUT2D eigenvalue weighted by Crippen LogP contribution is 2.30. The Labute approximate surface area is 134 Å². The Kier molecular flexibility index (Phi) is 5.70. The molecule has 0 spiro atoms. The molecule has 1 saturated heterocycles. The van der Waals surface area contributed by atoms with E-state index in [9.17, 15) is 21.6 Å². The molecule has 0 amide bonds. The summed E-state index contributed by atoms with van der Waals surface area (Å²) in [7, 11) is -3.66. The van der Waals surface area contributed by atoms with Gasteiger partial charge >= 0.3 is 6.18 Å². The summed E-state index contributed by atoms with van der Waals surface area (Å²) in [5.74, 6) is -0.409. The second-order valence-electron chi connectivity index (χ2n) is 5.71. The van der Waals surface area contributed by atoms with Crippen LogP contribution in [0.3, 0.4) is 0 Å². The van der Waals surface area contributed by atoms with Gasteiger partial charge in [-0.2, -0.15) is 17.5 Å². The monoisotopic (exact) mass is 350 g/mol. The fourth-order valence-corrected chi connectivity index (χ4v) is 4.65. The smallest absolute Gasteiger partial charge is 0.315 e. The first-order valence-corrected chi connectivity index (χ1v) is 9.21. The van der Waals surface area contributed by atoms with Gasteiger partial charge in [0, 0.05) is 19.1 Å². The third kappa shape index (κ3) is 4.68. The van der Waals surface area contributed by atoms with Gasteiger partial charge in [-0.25, -0.2) is 8.42 Å². The highest BCUT2D eigenvalue weighted by atomic mass is 32.2. The molecule has 4 nitrogen and oxygen atoms in total. The van der Waals surface area contributed by atoms with Crippen molar-refractivity contribution < 1.29 is 21.6 Å². The summed E-state index contributed by atoms with van der Waals surface area (Å²) in [6.45, 7) is 3.61. The third-order valence-electron chi connectivity index (χ3n) is 3.85. The Morgan fingerprint density at radius 3 is 2.65 bits per heavy atom. The summed E-state index contributed by atoms with van der Waals surface area (Å²) < 4.78 is 65.0. The molecule has 1 fully saturated rings. The summed E-state index contributed by atoms with van der Waals surface area (Å²) >= 11 is 0. The fourth-order valence-electron chi connectivity index (χ4n) is 2.79. The van der Waals surface area contributed by atoms with E-state index in [1.807, 2.05) is 6.92 Å². The lowest BCUT2D eigenvalue weighted by atomic mass is 10.1. The summed E-state index contributed by atoms with van der Waals surface area (Å²) in [4.78, 5) is 0. The summed E-state index contributed by atoms with van der Waals surface area (Å²) in [6.07, 6.45) is -3.08. The molecule has 0 saturated carbocycles. The van der Waals surface area contributed by atoms with Crippen LogP contribution in [0.4, 0.5) is 13.2 Å². The van der Waals surface area contributed by atoms with Crippen LogP contribution in [0.1, 0.15) is 30.9 Å². The molecule has 0 aromatic heterocycles. The van der Waals surface area contributed by atoms with Crippen LogP contribution in [-0.4, -0.2) is 38.4 Å². The second kappa shape index (κ2) is 7.19. The maximum Gasteiger partial charge on any atom is 0.416 e. The number of hydrogen-bond acceptors (Lipinski definition) is 3. The molecule has 1 aromatic carbocycles. The molecule has 1 heterocycles. The van der Waals surface area contributed by atoms with Crippen LogP contribution < -0.4 is 5.32 Å². The molecule has 1 aromatic rings. The van der Waals surface area contributed by atoms with Crippen LogP contribution in [-0.2, 0) is 22.0 Å². The Hall–Kier alpha value is -1.12. The van der Waals surface area contributed by atoms with E-state index in [2.05, 4.69) is 5.32 Å². The molecule has 1 aliphatic rings. The Morgan fingerprint density at radius 1 is 1.35 bits per heavy atom. The summed E-state index contributed by atoms with van der Waals surface area (Å²) in [6, 6.07) is 4.40. The van der Waals surface area contributed by atoms with Gasteiger partial charge in [-0.3, -0.25) is 0 Å². The van der Waals surface area contributed by atoms with E-state index in [-0.39, 0.29) is 11.6 Å². The van der Waals surface area contributed by atoms with Crippen LogP contribution in [0.5, 0.6) is 0 Å². The minimum Gasteiger partial charge on any atom is -0.315 e. The first kappa shape index (κ1) is 18.2. The van der Waals surface area contributed by atoms with E-state index in [0.717, 1.165) is 25.1 Å². The van der Waals surface area contributed by atoms with Gasteiger partial charge in [-0.15, -0.1) is 0 Å². The number of alkyl halides is 3. The number of halogens is 3. The molecular weight excluding hydrogens is 329 g/mol. The molecular formula is C15H21F3N2O2S. The van der Waals surface area contributed by atoms with Gasteiger partial charge in [-0.1, -0.05) is 25.1 Å². The minimum atomic E-state index is -4.47. The van der Waals surface area contributed by atoms with Crippen molar-refractivity contribution in [3.8, 4) is 0 Å². The molecule has 1 unspecified atom stereocenters. The first-order valence-electron chi connectivity index (χ1n) is 7.60. The maximum atomic E-state index is 12.8. The highest BCUT2D eigenvalue weighted by molar-refractivity contribution is 7.88. The molecule has 8 heteroatoms. The van der Waals surface area contributed by atoms with E-state index in [0.29, 0.717) is 19.5 Å². The summed E-state index contributed by atoms with van der Waals surface area (Å²) in [5, 5.41) is 3.12. The van der Waals surface area contributed by atoms with Crippen molar-refractivity contribution in [3.63, 3.8) is 0 Å². The van der Waals surface area contributed by atoms with Gasteiger partial charge < -0.3 is 5.32 Å². The molecule has 130 valence electrons. The molecule has 0 aliphatic carbocycles.